The van der Waals surface area contributed by atoms with Crippen LogP contribution in [0.15, 0.2) is 103 Å². The van der Waals surface area contributed by atoms with E-state index in [0.29, 0.717) is 16.9 Å². The molecule has 144 valence electrons. The molecule has 4 rings (SSSR count). The van der Waals surface area contributed by atoms with Crippen LogP contribution in [0.3, 0.4) is 0 Å². The zero-order valence-electron chi connectivity index (χ0n) is 16.1. The van der Waals surface area contributed by atoms with Crippen molar-refractivity contribution in [1.82, 2.24) is 9.78 Å². The highest BCUT2D eigenvalue weighted by atomic mass is 16.1. The average Bonchev–Trinajstić information content (AvgIpc) is 3.23. The van der Waals surface area contributed by atoms with Gasteiger partial charge in [0, 0.05) is 23.0 Å². The minimum Gasteiger partial charge on any atom is -0.321 e. The molecule has 5 nitrogen and oxygen atoms in total. The maximum absolute atomic E-state index is 12.6. The molecule has 0 spiro atoms. The molecule has 0 saturated heterocycles. The SMILES string of the molecule is N#CC(=Cc1cn(-c2ccccc2)nc1-c1ccccc1)C(=O)Nc1ccccc1. The Balaban J connectivity index is 1.75. The maximum atomic E-state index is 12.6. The summed E-state index contributed by atoms with van der Waals surface area (Å²) in [5, 5.41) is 17.1. The quantitative estimate of drug-likeness (QED) is 0.381. The van der Waals surface area contributed by atoms with Crippen LogP contribution in [0.4, 0.5) is 5.69 Å². The van der Waals surface area contributed by atoms with Gasteiger partial charge in [0.05, 0.1) is 11.4 Å². The number of hydrogen-bond acceptors (Lipinski definition) is 3. The number of nitrogens with zero attached hydrogens (tertiary/aromatic N) is 3. The highest BCUT2D eigenvalue weighted by molar-refractivity contribution is 6.10. The molecule has 0 radical (unpaired) electrons. The van der Waals surface area contributed by atoms with Crippen molar-refractivity contribution < 1.29 is 4.79 Å². The summed E-state index contributed by atoms with van der Waals surface area (Å²) in [6, 6.07) is 30.4. The van der Waals surface area contributed by atoms with Crippen molar-refractivity contribution in [1.29, 1.82) is 5.26 Å². The number of para-hydroxylation sites is 2. The third-order valence-electron chi connectivity index (χ3n) is 4.51. The molecule has 5 heteroatoms. The summed E-state index contributed by atoms with van der Waals surface area (Å²) in [6.45, 7) is 0. The van der Waals surface area contributed by atoms with Crippen molar-refractivity contribution in [3.05, 3.63) is 108 Å². The fourth-order valence-electron chi connectivity index (χ4n) is 3.05. The van der Waals surface area contributed by atoms with E-state index in [-0.39, 0.29) is 5.57 Å². The number of hydrogen-bond donors (Lipinski definition) is 1. The number of rotatable bonds is 5. The van der Waals surface area contributed by atoms with Gasteiger partial charge in [-0.1, -0.05) is 66.7 Å². The Morgan fingerprint density at radius 3 is 2.13 bits per heavy atom. The Morgan fingerprint density at radius 2 is 1.50 bits per heavy atom. The number of nitriles is 1. The molecule has 4 aromatic rings. The molecule has 3 aromatic carbocycles. The minimum atomic E-state index is -0.463. The fraction of sp³-hybridized carbons (Fsp3) is 0. The summed E-state index contributed by atoms with van der Waals surface area (Å²) >= 11 is 0. The van der Waals surface area contributed by atoms with Crippen molar-refractivity contribution >= 4 is 17.7 Å². The van der Waals surface area contributed by atoms with Gasteiger partial charge in [0.2, 0.25) is 0 Å². The van der Waals surface area contributed by atoms with Gasteiger partial charge >= 0.3 is 0 Å². The molecule has 0 aliphatic heterocycles. The lowest BCUT2D eigenvalue weighted by Crippen LogP contribution is -2.13. The Morgan fingerprint density at radius 1 is 0.900 bits per heavy atom. The molecular formula is C25H18N4O. The highest BCUT2D eigenvalue weighted by Gasteiger charge is 2.15. The third kappa shape index (κ3) is 4.18. The Labute approximate surface area is 174 Å². The molecule has 1 amide bonds. The standard InChI is InChI=1S/C25H18N4O/c26-17-20(25(30)27-22-12-6-2-7-13-22)16-21-18-29(23-14-8-3-9-15-23)28-24(21)19-10-4-1-5-11-19/h1-16,18H,(H,27,30). The van der Waals surface area contributed by atoms with E-state index in [1.807, 2.05) is 91.1 Å². The zero-order valence-corrected chi connectivity index (χ0v) is 16.1. The number of anilines is 1. The molecule has 1 heterocycles. The normalized spacial score (nSPS) is 11.0. The monoisotopic (exact) mass is 390 g/mol. The van der Waals surface area contributed by atoms with Gasteiger partial charge in [-0.25, -0.2) is 4.68 Å². The summed E-state index contributed by atoms with van der Waals surface area (Å²) in [4.78, 5) is 12.6. The van der Waals surface area contributed by atoms with Crippen LogP contribution >= 0.6 is 0 Å². The second-order valence-electron chi connectivity index (χ2n) is 6.57. The van der Waals surface area contributed by atoms with E-state index >= 15 is 0 Å². The molecule has 0 aliphatic rings. The highest BCUT2D eigenvalue weighted by Crippen LogP contribution is 2.26. The summed E-state index contributed by atoms with van der Waals surface area (Å²) in [5.74, 6) is -0.463. The first-order valence-electron chi connectivity index (χ1n) is 9.43. The second kappa shape index (κ2) is 8.72. The lowest BCUT2D eigenvalue weighted by atomic mass is 10.1. The van der Waals surface area contributed by atoms with E-state index in [2.05, 4.69) is 5.32 Å². The summed E-state index contributed by atoms with van der Waals surface area (Å²) in [6.07, 6.45) is 3.40. The van der Waals surface area contributed by atoms with E-state index < -0.39 is 5.91 Å². The van der Waals surface area contributed by atoms with E-state index in [0.717, 1.165) is 11.3 Å². The molecule has 0 atom stereocenters. The first-order valence-corrected chi connectivity index (χ1v) is 9.43. The molecule has 1 aromatic heterocycles. The number of amides is 1. The molecule has 0 fully saturated rings. The Kier molecular flexibility index (Phi) is 5.50. The Hall–Kier alpha value is -4.43. The van der Waals surface area contributed by atoms with Crippen molar-refractivity contribution in [2.45, 2.75) is 0 Å². The molecule has 0 unspecified atom stereocenters. The number of benzene rings is 3. The first-order chi connectivity index (χ1) is 14.7. The third-order valence-corrected chi connectivity index (χ3v) is 4.51. The van der Waals surface area contributed by atoms with E-state index in [1.54, 1.807) is 22.9 Å². The lowest BCUT2D eigenvalue weighted by molar-refractivity contribution is -0.112. The van der Waals surface area contributed by atoms with Crippen LogP contribution in [0.25, 0.3) is 23.0 Å². The van der Waals surface area contributed by atoms with E-state index in [1.165, 1.54) is 0 Å². The number of carbonyl (C=O) groups is 1. The fourth-order valence-corrected chi connectivity index (χ4v) is 3.05. The van der Waals surface area contributed by atoms with Gasteiger partial charge in [0.1, 0.15) is 11.6 Å². The van der Waals surface area contributed by atoms with Crippen LogP contribution in [0.2, 0.25) is 0 Å². The van der Waals surface area contributed by atoms with Gasteiger partial charge < -0.3 is 5.32 Å². The van der Waals surface area contributed by atoms with Crippen LogP contribution in [0.1, 0.15) is 5.56 Å². The van der Waals surface area contributed by atoms with Crippen molar-refractivity contribution in [3.63, 3.8) is 0 Å². The van der Waals surface area contributed by atoms with Gasteiger partial charge in [0.25, 0.3) is 5.91 Å². The van der Waals surface area contributed by atoms with Gasteiger partial charge in [-0.15, -0.1) is 0 Å². The van der Waals surface area contributed by atoms with Crippen LogP contribution < -0.4 is 5.32 Å². The largest absolute Gasteiger partial charge is 0.321 e. The molecule has 0 saturated carbocycles. The molecule has 1 N–H and O–H groups in total. The summed E-state index contributed by atoms with van der Waals surface area (Å²) in [5.41, 5.74) is 3.81. The van der Waals surface area contributed by atoms with Gasteiger partial charge in [0.15, 0.2) is 0 Å². The number of carbonyl (C=O) groups excluding carboxylic acids is 1. The molecule has 30 heavy (non-hydrogen) atoms. The first kappa shape index (κ1) is 18.9. The van der Waals surface area contributed by atoms with Crippen molar-refractivity contribution in [2.75, 3.05) is 5.32 Å². The molecular weight excluding hydrogens is 372 g/mol. The predicted octanol–water partition coefficient (Wildman–Crippen LogP) is 5.08. The van der Waals surface area contributed by atoms with E-state index in [9.17, 15) is 10.1 Å². The minimum absolute atomic E-state index is 0.00338. The number of aromatic nitrogens is 2. The van der Waals surface area contributed by atoms with Gasteiger partial charge in [-0.05, 0) is 30.3 Å². The van der Waals surface area contributed by atoms with Crippen LogP contribution in [0.5, 0.6) is 0 Å². The van der Waals surface area contributed by atoms with Crippen molar-refractivity contribution in [2.24, 2.45) is 0 Å². The maximum Gasteiger partial charge on any atom is 0.266 e. The topological polar surface area (TPSA) is 70.7 Å². The Bertz CT molecular complexity index is 1220. The van der Waals surface area contributed by atoms with Gasteiger partial charge in [-0.3, -0.25) is 4.79 Å². The van der Waals surface area contributed by atoms with E-state index in [4.69, 9.17) is 5.10 Å². The summed E-state index contributed by atoms with van der Waals surface area (Å²) < 4.78 is 1.75. The van der Waals surface area contributed by atoms with Crippen LogP contribution in [-0.2, 0) is 4.79 Å². The second-order valence-corrected chi connectivity index (χ2v) is 6.57. The van der Waals surface area contributed by atoms with Crippen LogP contribution in [-0.4, -0.2) is 15.7 Å². The van der Waals surface area contributed by atoms with Crippen LogP contribution in [0, 0.1) is 11.3 Å². The lowest BCUT2D eigenvalue weighted by Gasteiger charge is -2.04. The molecule has 0 bridgehead atoms. The van der Waals surface area contributed by atoms with Gasteiger partial charge in [-0.2, -0.15) is 10.4 Å². The zero-order chi connectivity index (χ0) is 20.8. The summed E-state index contributed by atoms with van der Waals surface area (Å²) in [7, 11) is 0. The molecule has 0 aliphatic carbocycles. The average molecular weight is 390 g/mol. The smallest absolute Gasteiger partial charge is 0.266 e. The van der Waals surface area contributed by atoms with Crippen molar-refractivity contribution in [3.8, 4) is 23.0 Å². The predicted molar refractivity (Wildman–Crippen MR) is 118 cm³/mol. The number of nitrogens with one attached hydrogen (secondary N) is 1.